The number of hydrogen-bond donors (Lipinski definition) is 0. The van der Waals surface area contributed by atoms with Crippen LogP contribution >= 0.6 is 0 Å². The lowest BCUT2D eigenvalue weighted by Gasteiger charge is -2.25. The number of nitrogens with zero attached hydrogens (tertiary/aromatic N) is 3. The second-order valence-corrected chi connectivity index (χ2v) is 12.0. The summed E-state index contributed by atoms with van der Waals surface area (Å²) in [6, 6.07) is 43.3. The van der Waals surface area contributed by atoms with Crippen molar-refractivity contribution in [3.05, 3.63) is 139 Å². The van der Waals surface area contributed by atoms with Gasteiger partial charge in [0.2, 0.25) is 0 Å². The predicted molar refractivity (Wildman–Crippen MR) is 178 cm³/mol. The normalized spacial score (nSPS) is 13.5. The van der Waals surface area contributed by atoms with Crippen LogP contribution in [0.1, 0.15) is 25.0 Å². The molecule has 0 radical (unpaired) electrons. The first-order valence-corrected chi connectivity index (χ1v) is 14.8. The molecule has 3 nitrogen and oxygen atoms in total. The zero-order valence-corrected chi connectivity index (χ0v) is 24.0. The highest BCUT2D eigenvalue weighted by atomic mass is 14.8. The van der Waals surface area contributed by atoms with Gasteiger partial charge in [-0.05, 0) is 51.2 Å². The van der Waals surface area contributed by atoms with E-state index in [1.165, 1.54) is 44.0 Å². The minimum Gasteiger partial charge on any atom is -0.254 e. The van der Waals surface area contributed by atoms with E-state index in [0.717, 1.165) is 44.3 Å². The van der Waals surface area contributed by atoms with Gasteiger partial charge in [0, 0.05) is 38.9 Å². The number of rotatable bonds is 2. The van der Waals surface area contributed by atoms with Gasteiger partial charge in [-0.3, -0.25) is 4.98 Å². The second kappa shape index (κ2) is 8.80. The van der Waals surface area contributed by atoms with Crippen LogP contribution in [-0.4, -0.2) is 15.0 Å². The maximum atomic E-state index is 5.33. The van der Waals surface area contributed by atoms with E-state index in [-0.39, 0.29) is 5.41 Å². The van der Waals surface area contributed by atoms with Crippen LogP contribution in [0.15, 0.2) is 128 Å². The van der Waals surface area contributed by atoms with Gasteiger partial charge >= 0.3 is 0 Å². The van der Waals surface area contributed by atoms with E-state index in [1.54, 1.807) is 0 Å². The molecule has 43 heavy (non-hydrogen) atoms. The van der Waals surface area contributed by atoms with Crippen LogP contribution < -0.4 is 0 Å². The number of hydrogen-bond acceptors (Lipinski definition) is 3. The molecule has 5 aromatic carbocycles. The quantitative estimate of drug-likeness (QED) is 0.201. The summed E-state index contributed by atoms with van der Waals surface area (Å²) in [5.41, 5.74) is 12.2. The molecule has 9 rings (SSSR count). The van der Waals surface area contributed by atoms with E-state index >= 15 is 0 Å². The monoisotopic (exact) mass is 549 g/mol. The molecule has 1 aliphatic rings. The fourth-order valence-electron chi connectivity index (χ4n) is 7.19. The Labute approximate surface area is 249 Å². The molecule has 0 unspecified atom stereocenters. The topological polar surface area (TPSA) is 38.7 Å². The highest BCUT2D eigenvalue weighted by Gasteiger charge is 2.39. The Hall–Kier alpha value is -5.41. The third kappa shape index (κ3) is 3.45. The van der Waals surface area contributed by atoms with Crippen molar-refractivity contribution in [1.29, 1.82) is 0 Å². The lowest BCUT2D eigenvalue weighted by atomic mass is 9.78. The Kier molecular flexibility index (Phi) is 4.95. The van der Waals surface area contributed by atoms with E-state index in [0.29, 0.717) is 0 Å². The molecule has 0 aliphatic heterocycles. The van der Waals surface area contributed by atoms with Crippen LogP contribution in [-0.2, 0) is 5.41 Å². The van der Waals surface area contributed by atoms with Gasteiger partial charge in [-0.2, -0.15) is 0 Å². The molecular weight excluding hydrogens is 522 g/mol. The van der Waals surface area contributed by atoms with Crippen LogP contribution in [0.2, 0.25) is 0 Å². The SMILES string of the molecule is CC1(C)c2ccccc2-c2nc3ccc4ccccc4c3c(-c3ccc(-c4ccc5ccc6cccnc6c5n4)cc3)c21. The molecule has 202 valence electrons. The average Bonchev–Trinajstić information content (AvgIpc) is 3.29. The predicted octanol–water partition coefficient (Wildman–Crippen LogP) is 10.1. The number of pyridine rings is 3. The highest BCUT2D eigenvalue weighted by Crippen LogP contribution is 2.53. The van der Waals surface area contributed by atoms with Crippen molar-refractivity contribution in [3.8, 4) is 33.6 Å². The van der Waals surface area contributed by atoms with Crippen LogP contribution in [0.4, 0.5) is 0 Å². The summed E-state index contributed by atoms with van der Waals surface area (Å²) in [7, 11) is 0. The Balaban J connectivity index is 1.29. The van der Waals surface area contributed by atoms with Crippen molar-refractivity contribution in [1.82, 2.24) is 15.0 Å². The van der Waals surface area contributed by atoms with Gasteiger partial charge in [0.25, 0.3) is 0 Å². The van der Waals surface area contributed by atoms with E-state index in [9.17, 15) is 0 Å². The molecule has 3 aromatic heterocycles. The molecule has 8 aromatic rings. The smallest absolute Gasteiger partial charge is 0.0972 e. The fraction of sp³-hybridized carbons (Fsp3) is 0.0750. The molecule has 0 spiro atoms. The Morgan fingerprint density at radius 3 is 2.14 bits per heavy atom. The minimum atomic E-state index is -0.188. The Morgan fingerprint density at radius 2 is 1.26 bits per heavy atom. The maximum Gasteiger partial charge on any atom is 0.0972 e. The summed E-state index contributed by atoms with van der Waals surface area (Å²) in [4.78, 5) is 15.1. The van der Waals surface area contributed by atoms with Crippen molar-refractivity contribution in [3.63, 3.8) is 0 Å². The zero-order valence-electron chi connectivity index (χ0n) is 24.0. The first kappa shape index (κ1) is 24.2. The largest absolute Gasteiger partial charge is 0.254 e. The molecule has 3 heterocycles. The van der Waals surface area contributed by atoms with Gasteiger partial charge in [-0.1, -0.05) is 117 Å². The van der Waals surface area contributed by atoms with Crippen LogP contribution in [0.3, 0.4) is 0 Å². The van der Waals surface area contributed by atoms with Gasteiger partial charge in [-0.15, -0.1) is 0 Å². The third-order valence-electron chi connectivity index (χ3n) is 9.26. The first-order chi connectivity index (χ1) is 21.1. The van der Waals surface area contributed by atoms with E-state index in [4.69, 9.17) is 9.97 Å². The summed E-state index contributed by atoms with van der Waals surface area (Å²) in [5.74, 6) is 0. The number of aromatic nitrogens is 3. The second-order valence-electron chi connectivity index (χ2n) is 12.0. The van der Waals surface area contributed by atoms with Crippen molar-refractivity contribution in [2.24, 2.45) is 0 Å². The summed E-state index contributed by atoms with van der Waals surface area (Å²) in [6.45, 7) is 4.68. The minimum absolute atomic E-state index is 0.188. The molecule has 0 saturated heterocycles. The number of fused-ring (bicyclic) bond motifs is 9. The van der Waals surface area contributed by atoms with E-state index in [2.05, 4.69) is 134 Å². The van der Waals surface area contributed by atoms with Gasteiger partial charge in [0.1, 0.15) is 0 Å². The van der Waals surface area contributed by atoms with E-state index in [1.807, 2.05) is 12.3 Å². The van der Waals surface area contributed by atoms with E-state index < -0.39 is 0 Å². The van der Waals surface area contributed by atoms with Crippen LogP contribution in [0, 0.1) is 0 Å². The van der Waals surface area contributed by atoms with Crippen molar-refractivity contribution in [2.45, 2.75) is 19.3 Å². The number of benzene rings is 5. The molecule has 0 fully saturated rings. The van der Waals surface area contributed by atoms with Crippen molar-refractivity contribution < 1.29 is 0 Å². The van der Waals surface area contributed by atoms with Crippen LogP contribution in [0.25, 0.3) is 77.1 Å². The van der Waals surface area contributed by atoms with Crippen LogP contribution in [0.5, 0.6) is 0 Å². The molecule has 0 N–H and O–H groups in total. The lowest BCUT2D eigenvalue weighted by Crippen LogP contribution is -2.16. The third-order valence-corrected chi connectivity index (χ3v) is 9.26. The molecule has 0 atom stereocenters. The Bertz CT molecular complexity index is 2420. The average molecular weight is 550 g/mol. The first-order valence-electron chi connectivity index (χ1n) is 14.8. The van der Waals surface area contributed by atoms with Gasteiger partial charge in [0.15, 0.2) is 0 Å². The summed E-state index contributed by atoms with van der Waals surface area (Å²) < 4.78 is 0. The van der Waals surface area contributed by atoms with Crippen molar-refractivity contribution >= 4 is 43.5 Å². The fourth-order valence-corrected chi connectivity index (χ4v) is 7.19. The summed E-state index contributed by atoms with van der Waals surface area (Å²) in [6.07, 6.45) is 1.84. The molecule has 0 amide bonds. The molecule has 3 heteroatoms. The van der Waals surface area contributed by atoms with Gasteiger partial charge in [-0.25, -0.2) is 9.97 Å². The highest BCUT2D eigenvalue weighted by molar-refractivity contribution is 6.16. The Morgan fingerprint density at radius 1 is 0.558 bits per heavy atom. The molecular formula is C40H27N3. The summed E-state index contributed by atoms with van der Waals surface area (Å²) in [5, 5.41) is 5.87. The van der Waals surface area contributed by atoms with Crippen molar-refractivity contribution in [2.75, 3.05) is 0 Å². The molecule has 0 bridgehead atoms. The van der Waals surface area contributed by atoms with Gasteiger partial charge < -0.3 is 0 Å². The lowest BCUT2D eigenvalue weighted by molar-refractivity contribution is 0.662. The zero-order chi connectivity index (χ0) is 28.7. The molecule has 1 aliphatic carbocycles. The van der Waals surface area contributed by atoms with Gasteiger partial charge in [0.05, 0.1) is 27.9 Å². The maximum absolute atomic E-state index is 5.33. The standard InChI is InChI=1S/C40H27N3/c1-40(2)31-12-6-5-11-30(31)39-36(40)34(35-29-10-4-3-8-24(29)19-22-33(35)43-39)26-15-13-25(14-16-26)32-21-20-28-18-17-27-9-7-23-41-37(27)38(28)42-32/h3-23H,1-2H3. The summed E-state index contributed by atoms with van der Waals surface area (Å²) >= 11 is 0. The molecule has 0 saturated carbocycles.